The van der Waals surface area contributed by atoms with E-state index in [2.05, 4.69) is 5.32 Å². The Balaban J connectivity index is 1.94. The van der Waals surface area contributed by atoms with Gasteiger partial charge >= 0.3 is 6.03 Å². The van der Waals surface area contributed by atoms with Crippen molar-refractivity contribution in [1.29, 1.82) is 0 Å². The second-order valence-electron chi connectivity index (χ2n) is 4.29. The molecule has 1 aromatic carbocycles. The van der Waals surface area contributed by atoms with Crippen LogP contribution in [0.1, 0.15) is 12.8 Å². The zero-order valence-corrected chi connectivity index (χ0v) is 9.60. The number of piperidine rings is 1. The molecule has 1 aliphatic heterocycles. The van der Waals surface area contributed by atoms with Crippen LogP contribution in [0.15, 0.2) is 24.3 Å². The molecule has 0 saturated carbocycles. The Hall–Kier alpha value is -1.75. The van der Waals surface area contributed by atoms with Crippen LogP contribution in [0, 0.1) is 0 Å². The molecule has 1 unspecified atom stereocenters. The van der Waals surface area contributed by atoms with Crippen molar-refractivity contribution in [2.45, 2.75) is 18.9 Å². The summed E-state index contributed by atoms with van der Waals surface area (Å²) in [4.78, 5) is 13.5. The predicted octanol–water partition coefficient (Wildman–Crippen LogP) is 1.26. The van der Waals surface area contributed by atoms with Gasteiger partial charge in [-0.15, -0.1) is 0 Å². The summed E-state index contributed by atoms with van der Waals surface area (Å²) in [5.41, 5.74) is 6.94. The van der Waals surface area contributed by atoms with Crippen LogP contribution in [-0.2, 0) is 0 Å². The lowest BCUT2D eigenvalue weighted by Crippen LogP contribution is -2.44. The molecule has 4 N–H and O–H groups in total. The van der Waals surface area contributed by atoms with Gasteiger partial charge in [0.05, 0.1) is 6.10 Å². The monoisotopic (exact) mass is 235 g/mol. The molecule has 2 rings (SSSR count). The van der Waals surface area contributed by atoms with E-state index in [-0.39, 0.29) is 6.03 Å². The van der Waals surface area contributed by atoms with E-state index in [0.29, 0.717) is 24.5 Å². The minimum atomic E-state index is -0.402. The Morgan fingerprint density at radius 3 is 2.76 bits per heavy atom. The van der Waals surface area contributed by atoms with Gasteiger partial charge in [-0.2, -0.15) is 0 Å². The van der Waals surface area contributed by atoms with Crippen LogP contribution in [0.3, 0.4) is 0 Å². The first kappa shape index (κ1) is 11.7. The van der Waals surface area contributed by atoms with Crippen LogP contribution >= 0.6 is 0 Å². The number of hydrogen-bond donors (Lipinski definition) is 3. The second-order valence-corrected chi connectivity index (χ2v) is 4.29. The van der Waals surface area contributed by atoms with Gasteiger partial charge in [-0.3, -0.25) is 0 Å². The molecule has 5 heteroatoms. The van der Waals surface area contributed by atoms with Crippen LogP contribution in [0.25, 0.3) is 0 Å². The molecule has 1 aliphatic rings. The van der Waals surface area contributed by atoms with Gasteiger partial charge in [0.2, 0.25) is 0 Å². The molecule has 0 bridgehead atoms. The van der Waals surface area contributed by atoms with Gasteiger partial charge < -0.3 is 21.1 Å². The SMILES string of the molecule is Nc1ccc(NC(=O)N2CCCC(O)C2)cc1. The molecule has 92 valence electrons. The quantitative estimate of drug-likeness (QED) is 0.641. The first-order valence-corrected chi connectivity index (χ1v) is 5.74. The molecule has 5 nitrogen and oxygen atoms in total. The normalized spacial score (nSPS) is 20.1. The number of carbonyl (C=O) groups excluding carboxylic acids is 1. The van der Waals surface area contributed by atoms with Crippen LogP contribution in [-0.4, -0.2) is 35.2 Å². The summed E-state index contributed by atoms with van der Waals surface area (Å²) in [5, 5.41) is 12.3. The number of amides is 2. The summed E-state index contributed by atoms with van der Waals surface area (Å²) in [6, 6.07) is 6.82. The van der Waals surface area contributed by atoms with Crippen molar-refractivity contribution in [3.8, 4) is 0 Å². The van der Waals surface area contributed by atoms with Crippen molar-refractivity contribution in [1.82, 2.24) is 4.90 Å². The molecule has 1 aromatic rings. The molecule has 0 radical (unpaired) electrons. The fourth-order valence-electron chi connectivity index (χ4n) is 1.91. The Morgan fingerprint density at radius 2 is 2.12 bits per heavy atom. The number of aliphatic hydroxyl groups excluding tert-OH is 1. The second kappa shape index (κ2) is 5.05. The largest absolute Gasteiger partial charge is 0.399 e. The van der Waals surface area contributed by atoms with E-state index in [1.807, 2.05) is 0 Å². The lowest BCUT2D eigenvalue weighted by molar-refractivity contribution is 0.0883. The van der Waals surface area contributed by atoms with Crippen LogP contribution in [0.4, 0.5) is 16.2 Å². The Labute approximate surface area is 100 Å². The number of benzene rings is 1. The Morgan fingerprint density at radius 1 is 1.41 bits per heavy atom. The summed E-state index contributed by atoms with van der Waals surface area (Å²) in [6.07, 6.45) is 1.21. The third kappa shape index (κ3) is 3.10. The zero-order valence-electron chi connectivity index (χ0n) is 9.60. The van der Waals surface area contributed by atoms with Gasteiger partial charge in [0.15, 0.2) is 0 Å². The van der Waals surface area contributed by atoms with E-state index in [9.17, 15) is 9.90 Å². The number of nitrogens with two attached hydrogens (primary N) is 1. The predicted molar refractivity (Wildman–Crippen MR) is 66.7 cm³/mol. The number of urea groups is 1. The minimum Gasteiger partial charge on any atom is -0.399 e. The summed E-state index contributed by atoms with van der Waals surface area (Å²) >= 11 is 0. The summed E-state index contributed by atoms with van der Waals surface area (Å²) in [6.45, 7) is 1.10. The average molecular weight is 235 g/mol. The molecule has 0 spiro atoms. The molecule has 17 heavy (non-hydrogen) atoms. The lowest BCUT2D eigenvalue weighted by atomic mass is 10.1. The van der Waals surface area contributed by atoms with Gasteiger partial charge in [-0.05, 0) is 37.1 Å². The van der Waals surface area contributed by atoms with E-state index < -0.39 is 6.10 Å². The highest BCUT2D eigenvalue weighted by Gasteiger charge is 2.21. The van der Waals surface area contributed by atoms with Crippen LogP contribution in [0.5, 0.6) is 0 Å². The summed E-state index contributed by atoms with van der Waals surface area (Å²) in [7, 11) is 0. The molecule has 0 aromatic heterocycles. The molecule has 1 atom stereocenters. The van der Waals surface area contributed by atoms with Gasteiger partial charge in [-0.1, -0.05) is 0 Å². The number of rotatable bonds is 1. The number of anilines is 2. The van der Waals surface area contributed by atoms with Crippen molar-refractivity contribution in [3.05, 3.63) is 24.3 Å². The third-order valence-corrected chi connectivity index (χ3v) is 2.85. The maximum absolute atomic E-state index is 11.9. The number of likely N-dealkylation sites (tertiary alicyclic amines) is 1. The smallest absolute Gasteiger partial charge is 0.321 e. The number of carbonyl (C=O) groups is 1. The highest BCUT2D eigenvalue weighted by molar-refractivity contribution is 5.89. The molecule has 2 amide bonds. The van der Waals surface area contributed by atoms with Crippen molar-refractivity contribution >= 4 is 17.4 Å². The fraction of sp³-hybridized carbons (Fsp3) is 0.417. The topological polar surface area (TPSA) is 78.6 Å². The molecule has 1 fully saturated rings. The van der Waals surface area contributed by atoms with Crippen molar-refractivity contribution < 1.29 is 9.90 Å². The highest BCUT2D eigenvalue weighted by atomic mass is 16.3. The first-order valence-electron chi connectivity index (χ1n) is 5.74. The number of nitrogens with zero attached hydrogens (tertiary/aromatic N) is 1. The van der Waals surface area contributed by atoms with E-state index in [1.165, 1.54) is 0 Å². The molecule has 1 heterocycles. The number of nitrogens with one attached hydrogen (secondary N) is 1. The molecular weight excluding hydrogens is 218 g/mol. The number of hydrogen-bond acceptors (Lipinski definition) is 3. The molecule has 0 aliphatic carbocycles. The molecular formula is C12H17N3O2. The van der Waals surface area contributed by atoms with Crippen LogP contribution in [0.2, 0.25) is 0 Å². The number of β-amino-alcohol motifs (C(OH)–C–C–N with tert-alkyl or cyclic N) is 1. The fourth-order valence-corrected chi connectivity index (χ4v) is 1.91. The maximum Gasteiger partial charge on any atom is 0.321 e. The number of aliphatic hydroxyl groups is 1. The van der Waals surface area contributed by atoms with Crippen molar-refractivity contribution in [3.63, 3.8) is 0 Å². The van der Waals surface area contributed by atoms with E-state index in [4.69, 9.17) is 5.73 Å². The average Bonchev–Trinajstić information content (AvgIpc) is 2.32. The highest BCUT2D eigenvalue weighted by Crippen LogP contribution is 2.14. The first-order chi connectivity index (χ1) is 8.15. The van der Waals surface area contributed by atoms with Crippen LogP contribution < -0.4 is 11.1 Å². The van der Waals surface area contributed by atoms with Crippen molar-refractivity contribution in [2.24, 2.45) is 0 Å². The Bertz CT molecular complexity index is 391. The third-order valence-electron chi connectivity index (χ3n) is 2.85. The maximum atomic E-state index is 11.9. The van der Waals surface area contributed by atoms with Gasteiger partial charge in [-0.25, -0.2) is 4.79 Å². The van der Waals surface area contributed by atoms with E-state index >= 15 is 0 Å². The van der Waals surface area contributed by atoms with Gasteiger partial charge in [0, 0.05) is 24.5 Å². The Kier molecular flexibility index (Phi) is 3.49. The summed E-state index contributed by atoms with van der Waals surface area (Å²) in [5.74, 6) is 0. The lowest BCUT2D eigenvalue weighted by Gasteiger charge is -2.30. The van der Waals surface area contributed by atoms with E-state index in [0.717, 1.165) is 12.8 Å². The van der Waals surface area contributed by atoms with Gasteiger partial charge in [0.25, 0.3) is 0 Å². The van der Waals surface area contributed by atoms with Crippen molar-refractivity contribution in [2.75, 3.05) is 24.1 Å². The summed E-state index contributed by atoms with van der Waals surface area (Å²) < 4.78 is 0. The van der Waals surface area contributed by atoms with E-state index in [1.54, 1.807) is 29.2 Å². The zero-order chi connectivity index (χ0) is 12.3. The standard InChI is InChI=1S/C12H17N3O2/c13-9-3-5-10(6-4-9)14-12(17)15-7-1-2-11(16)8-15/h3-6,11,16H,1-2,7-8,13H2,(H,14,17). The minimum absolute atomic E-state index is 0.173. The molecule has 1 saturated heterocycles. The van der Waals surface area contributed by atoms with Gasteiger partial charge in [0.1, 0.15) is 0 Å². The number of nitrogen functional groups attached to an aromatic ring is 1.